The Balaban J connectivity index is 2.28. The van der Waals surface area contributed by atoms with E-state index in [0.717, 1.165) is 28.2 Å². The fourth-order valence-corrected chi connectivity index (χ4v) is 3.22. The van der Waals surface area contributed by atoms with Crippen LogP contribution < -0.4 is 0 Å². The zero-order valence-electron chi connectivity index (χ0n) is 14.5. The van der Waals surface area contributed by atoms with Gasteiger partial charge in [0.2, 0.25) is 0 Å². The number of hydrogen-bond acceptors (Lipinski definition) is 2. The second-order valence-corrected chi connectivity index (χ2v) is 5.82. The number of para-hydroxylation sites is 1. The van der Waals surface area contributed by atoms with Crippen molar-refractivity contribution in [3.8, 4) is 16.8 Å². The van der Waals surface area contributed by atoms with Crippen molar-refractivity contribution in [1.82, 2.24) is 4.57 Å². The molecule has 3 nitrogen and oxygen atoms in total. The Morgan fingerprint density at radius 3 is 2.24 bits per heavy atom. The van der Waals surface area contributed by atoms with E-state index in [4.69, 9.17) is 4.74 Å². The van der Waals surface area contributed by atoms with Gasteiger partial charge in [-0.15, -0.1) is 0 Å². The lowest BCUT2D eigenvalue weighted by molar-refractivity contribution is 0.0526. The Hall–Kier alpha value is -2.88. The van der Waals surface area contributed by atoms with Crippen LogP contribution in [0, 0.1) is 19.7 Å². The molecule has 2 aromatic carbocycles. The highest BCUT2D eigenvalue weighted by Gasteiger charge is 2.25. The molecule has 0 amide bonds. The summed E-state index contributed by atoms with van der Waals surface area (Å²) in [5.41, 5.74) is 4.78. The number of nitrogens with zero attached hydrogens (tertiary/aromatic N) is 1. The van der Waals surface area contributed by atoms with Gasteiger partial charge in [-0.1, -0.05) is 30.3 Å². The van der Waals surface area contributed by atoms with E-state index >= 15 is 0 Å². The van der Waals surface area contributed by atoms with Crippen LogP contribution >= 0.6 is 0 Å². The zero-order valence-corrected chi connectivity index (χ0v) is 14.5. The van der Waals surface area contributed by atoms with Crippen LogP contribution in [0.2, 0.25) is 0 Å². The minimum atomic E-state index is -0.364. The summed E-state index contributed by atoms with van der Waals surface area (Å²) in [7, 11) is 0. The summed E-state index contributed by atoms with van der Waals surface area (Å²) in [4.78, 5) is 12.6. The van der Waals surface area contributed by atoms with Crippen LogP contribution in [0.15, 0.2) is 54.6 Å². The maximum Gasteiger partial charge on any atom is 0.340 e. The molecule has 0 N–H and O–H groups in total. The van der Waals surface area contributed by atoms with Crippen molar-refractivity contribution in [2.75, 3.05) is 6.61 Å². The quantitative estimate of drug-likeness (QED) is 0.622. The lowest BCUT2D eigenvalue weighted by Crippen LogP contribution is -2.07. The number of carbonyl (C=O) groups is 1. The van der Waals surface area contributed by atoms with Crippen LogP contribution in [-0.4, -0.2) is 17.1 Å². The van der Waals surface area contributed by atoms with Gasteiger partial charge >= 0.3 is 5.97 Å². The Bertz CT molecular complexity index is 896. The number of benzene rings is 2. The molecular weight excluding hydrogens is 317 g/mol. The van der Waals surface area contributed by atoms with Crippen LogP contribution in [0.1, 0.15) is 28.7 Å². The van der Waals surface area contributed by atoms with Crippen LogP contribution in [-0.2, 0) is 4.74 Å². The molecular formula is C21H20FNO2. The van der Waals surface area contributed by atoms with Gasteiger partial charge < -0.3 is 9.30 Å². The molecule has 1 aromatic heterocycles. The average molecular weight is 337 g/mol. The first-order chi connectivity index (χ1) is 12.0. The standard InChI is InChI=1S/C21H20FNO2/c1-4-25-21(24)20-15(3)23(18-8-6-5-7-9-18)14(2)19(20)16-10-12-17(22)13-11-16/h5-13H,4H2,1-3H3. The molecule has 0 aliphatic rings. The zero-order chi connectivity index (χ0) is 18.0. The maximum atomic E-state index is 13.3. The van der Waals surface area contributed by atoms with Crippen molar-refractivity contribution in [3.63, 3.8) is 0 Å². The summed E-state index contributed by atoms with van der Waals surface area (Å²) >= 11 is 0. The highest BCUT2D eigenvalue weighted by Crippen LogP contribution is 2.35. The molecule has 4 heteroatoms. The molecule has 0 aliphatic heterocycles. The molecule has 25 heavy (non-hydrogen) atoms. The van der Waals surface area contributed by atoms with Crippen molar-refractivity contribution in [1.29, 1.82) is 0 Å². The minimum Gasteiger partial charge on any atom is -0.462 e. The van der Waals surface area contributed by atoms with Crippen LogP contribution in [0.5, 0.6) is 0 Å². The van der Waals surface area contributed by atoms with E-state index in [1.54, 1.807) is 19.1 Å². The van der Waals surface area contributed by atoms with Gasteiger partial charge in [0.05, 0.1) is 12.2 Å². The number of aromatic nitrogens is 1. The van der Waals surface area contributed by atoms with E-state index in [1.165, 1.54) is 12.1 Å². The SMILES string of the molecule is CCOC(=O)c1c(-c2ccc(F)cc2)c(C)n(-c2ccccc2)c1C. The predicted octanol–water partition coefficient (Wildman–Crippen LogP) is 5.08. The van der Waals surface area contributed by atoms with E-state index in [9.17, 15) is 9.18 Å². The molecule has 0 bridgehead atoms. The first-order valence-corrected chi connectivity index (χ1v) is 8.25. The fourth-order valence-electron chi connectivity index (χ4n) is 3.22. The number of ether oxygens (including phenoxy) is 1. The monoisotopic (exact) mass is 337 g/mol. The molecule has 0 atom stereocenters. The molecule has 0 aliphatic carbocycles. The minimum absolute atomic E-state index is 0.302. The Kier molecular flexibility index (Phi) is 4.70. The third kappa shape index (κ3) is 3.07. The molecule has 0 fully saturated rings. The van der Waals surface area contributed by atoms with E-state index < -0.39 is 0 Å². The first-order valence-electron chi connectivity index (χ1n) is 8.25. The summed E-state index contributed by atoms with van der Waals surface area (Å²) in [6.07, 6.45) is 0. The second kappa shape index (κ2) is 6.93. The highest BCUT2D eigenvalue weighted by atomic mass is 19.1. The predicted molar refractivity (Wildman–Crippen MR) is 96.6 cm³/mol. The molecule has 3 aromatic rings. The molecule has 0 unspecified atom stereocenters. The van der Waals surface area contributed by atoms with Crippen molar-refractivity contribution in [2.45, 2.75) is 20.8 Å². The van der Waals surface area contributed by atoms with Crippen molar-refractivity contribution < 1.29 is 13.9 Å². The second-order valence-electron chi connectivity index (χ2n) is 5.82. The number of hydrogen-bond donors (Lipinski definition) is 0. The van der Waals surface area contributed by atoms with E-state index in [0.29, 0.717) is 12.2 Å². The summed E-state index contributed by atoms with van der Waals surface area (Å²) in [6, 6.07) is 16.0. The van der Waals surface area contributed by atoms with Crippen molar-refractivity contribution >= 4 is 5.97 Å². The van der Waals surface area contributed by atoms with Gasteiger partial charge in [-0.3, -0.25) is 0 Å². The lowest BCUT2D eigenvalue weighted by Gasteiger charge is -2.09. The molecule has 3 rings (SSSR count). The largest absolute Gasteiger partial charge is 0.462 e. The molecule has 0 spiro atoms. The number of halogens is 1. The fraction of sp³-hybridized carbons (Fsp3) is 0.190. The Morgan fingerprint density at radius 1 is 1.00 bits per heavy atom. The van der Waals surface area contributed by atoms with Gasteiger partial charge in [0.15, 0.2) is 0 Å². The lowest BCUT2D eigenvalue weighted by atomic mass is 10.0. The maximum absolute atomic E-state index is 13.3. The highest BCUT2D eigenvalue weighted by molar-refractivity contribution is 6.00. The molecule has 1 heterocycles. The number of rotatable bonds is 4. The Morgan fingerprint density at radius 2 is 1.64 bits per heavy atom. The Labute approximate surface area is 146 Å². The van der Waals surface area contributed by atoms with Crippen molar-refractivity contribution in [3.05, 3.63) is 77.4 Å². The topological polar surface area (TPSA) is 31.2 Å². The smallest absolute Gasteiger partial charge is 0.340 e. The van der Waals surface area contributed by atoms with E-state index in [-0.39, 0.29) is 11.8 Å². The number of esters is 1. The van der Waals surface area contributed by atoms with Gasteiger partial charge in [0.25, 0.3) is 0 Å². The van der Waals surface area contributed by atoms with E-state index in [1.807, 2.05) is 48.7 Å². The van der Waals surface area contributed by atoms with Gasteiger partial charge in [0.1, 0.15) is 5.82 Å². The molecule has 0 saturated carbocycles. The third-order valence-electron chi connectivity index (χ3n) is 4.27. The average Bonchev–Trinajstić information content (AvgIpc) is 2.87. The van der Waals surface area contributed by atoms with Gasteiger partial charge in [-0.2, -0.15) is 0 Å². The third-order valence-corrected chi connectivity index (χ3v) is 4.27. The molecule has 0 radical (unpaired) electrons. The summed E-state index contributed by atoms with van der Waals surface area (Å²) in [5, 5.41) is 0. The molecule has 128 valence electrons. The van der Waals surface area contributed by atoms with Gasteiger partial charge in [-0.05, 0) is 50.6 Å². The van der Waals surface area contributed by atoms with Crippen LogP contribution in [0.3, 0.4) is 0 Å². The van der Waals surface area contributed by atoms with Crippen LogP contribution in [0.4, 0.5) is 4.39 Å². The first kappa shape index (κ1) is 17.0. The summed E-state index contributed by atoms with van der Waals surface area (Å²) in [6.45, 7) is 5.95. The van der Waals surface area contributed by atoms with E-state index in [2.05, 4.69) is 0 Å². The van der Waals surface area contributed by atoms with Crippen LogP contribution in [0.25, 0.3) is 16.8 Å². The van der Waals surface area contributed by atoms with Gasteiger partial charge in [-0.25, -0.2) is 9.18 Å². The van der Waals surface area contributed by atoms with Crippen molar-refractivity contribution in [2.24, 2.45) is 0 Å². The normalized spacial score (nSPS) is 10.7. The summed E-state index contributed by atoms with van der Waals surface area (Å²) in [5.74, 6) is -0.671. The summed E-state index contributed by atoms with van der Waals surface area (Å²) < 4.78 is 20.6. The molecule has 0 saturated heterocycles. The number of carbonyl (C=O) groups excluding carboxylic acids is 1. The van der Waals surface area contributed by atoms with Gasteiger partial charge in [0, 0.05) is 22.6 Å².